The van der Waals surface area contributed by atoms with Gasteiger partial charge in [-0.1, -0.05) is 37.8 Å². The Balaban J connectivity index is 1.43. The number of hydrogen-bond donors (Lipinski definition) is 2. The average molecular weight is 321 g/mol. The molecular weight excluding hydrogens is 290 g/mol. The Hall–Kier alpha value is -0.940. The molecule has 2 N–H and O–H groups in total. The van der Waals surface area contributed by atoms with Crippen LogP contribution in [-0.2, 0) is 6.42 Å². The maximum absolute atomic E-state index is 10.7. The number of aryl methyl sites for hydroxylation is 1. The zero-order valence-corrected chi connectivity index (χ0v) is 14.4. The van der Waals surface area contributed by atoms with Crippen molar-refractivity contribution in [3.63, 3.8) is 0 Å². The number of rotatable bonds is 5. The molecule has 0 bridgehead atoms. The SMILES string of the molecule is CCc1noc(C2CCC(NCC3(O)CCCCCC3)CC2)n1. The summed E-state index contributed by atoms with van der Waals surface area (Å²) in [4.78, 5) is 4.48. The van der Waals surface area contributed by atoms with Gasteiger partial charge in [0.2, 0.25) is 5.89 Å². The zero-order valence-electron chi connectivity index (χ0n) is 14.4. The molecule has 0 aliphatic heterocycles. The minimum Gasteiger partial charge on any atom is -0.389 e. The van der Waals surface area contributed by atoms with E-state index >= 15 is 0 Å². The molecule has 23 heavy (non-hydrogen) atoms. The van der Waals surface area contributed by atoms with E-state index in [0.717, 1.165) is 63.2 Å². The maximum Gasteiger partial charge on any atom is 0.229 e. The third kappa shape index (κ3) is 4.54. The molecule has 1 aromatic rings. The van der Waals surface area contributed by atoms with Gasteiger partial charge in [-0.2, -0.15) is 4.98 Å². The molecule has 130 valence electrons. The number of nitrogens with one attached hydrogen (secondary N) is 1. The van der Waals surface area contributed by atoms with Crippen LogP contribution in [0.4, 0.5) is 0 Å². The molecule has 0 aromatic carbocycles. The van der Waals surface area contributed by atoms with E-state index in [2.05, 4.69) is 15.5 Å². The van der Waals surface area contributed by atoms with Gasteiger partial charge in [0, 0.05) is 24.9 Å². The summed E-state index contributed by atoms with van der Waals surface area (Å²) in [6.45, 7) is 2.80. The molecule has 1 aromatic heterocycles. The smallest absolute Gasteiger partial charge is 0.229 e. The summed E-state index contributed by atoms with van der Waals surface area (Å²) in [7, 11) is 0. The molecule has 5 heteroatoms. The first-order valence-corrected chi connectivity index (χ1v) is 9.47. The summed E-state index contributed by atoms with van der Waals surface area (Å²) in [5.74, 6) is 2.06. The first-order valence-electron chi connectivity index (χ1n) is 9.47. The van der Waals surface area contributed by atoms with Crippen LogP contribution in [-0.4, -0.2) is 33.4 Å². The van der Waals surface area contributed by atoms with E-state index in [9.17, 15) is 5.11 Å². The Labute approximate surface area is 139 Å². The van der Waals surface area contributed by atoms with Crippen molar-refractivity contribution in [3.8, 4) is 0 Å². The Morgan fingerprint density at radius 1 is 1.13 bits per heavy atom. The standard InChI is InChI=1S/C18H31N3O2/c1-2-16-20-17(23-21-16)14-7-9-15(10-8-14)19-13-18(22)11-5-3-4-6-12-18/h14-15,19,22H,2-13H2,1H3. The summed E-state index contributed by atoms with van der Waals surface area (Å²) >= 11 is 0. The number of nitrogens with zero attached hydrogens (tertiary/aromatic N) is 2. The van der Waals surface area contributed by atoms with Gasteiger partial charge in [-0.3, -0.25) is 0 Å². The van der Waals surface area contributed by atoms with Crippen molar-refractivity contribution in [1.29, 1.82) is 0 Å². The predicted molar refractivity (Wildman–Crippen MR) is 89.3 cm³/mol. The van der Waals surface area contributed by atoms with E-state index in [1.54, 1.807) is 0 Å². The first-order chi connectivity index (χ1) is 11.2. The van der Waals surface area contributed by atoms with Gasteiger partial charge in [0.15, 0.2) is 5.82 Å². The van der Waals surface area contributed by atoms with Crippen LogP contribution in [0.25, 0.3) is 0 Å². The average Bonchev–Trinajstić information content (AvgIpc) is 2.96. The van der Waals surface area contributed by atoms with Crippen LogP contribution in [0.2, 0.25) is 0 Å². The number of aliphatic hydroxyl groups is 1. The van der Waals surface area contributed by atoms with Crippen LogP contribution in [0.1, 0.15) is 88.8 Å². The van der Waals surface area contributed by atoms with Gasteiger partial charge in [0.1, 0.15) is 0 Å². The van der Waals surface area contributed by atoms with Crippen LogP contribution in [0.15, 0.2) is 4.52 Å². The summed E-state index contributed by atoms with van der Waals surface area (Å²) in [5, 5.41) is 18.4. The summed E-state index contributed by atoms with van der Waals surface area (Å²) in [6.07, 6.45) is 12.1. The summed E-state index contributed by atoms with van der Waals surface area (Å²) < 4.78 is 5.39. The molecule has 0 radical (unpaired) electrons. The van der Waals surface area contributed by atoms with Crippen LogP contribution in [0.5, 0.6) is 0 Å². The van der Waals surface area contributed by atoms with Crippen LogP contribution in [0, 0.1) is 0 Å². The molecule has 2 saturated carbocycles. The molecule has 2 aliphatic carbocycles. The van der Waals surface area contributed by atoms with Crippen molar-refractivity contribution in [2.75, 3.05) is 6.54 Å². The van der Waals surface area contributed by atoms with Crippen molar-refractivity contribution in [1.82, 2.24) is 15.5 Å². The predicted octanol–water partition coefficient (Wildman–Crippen LogP) is 3.33. The lowest BCUT2D eigenvalue weighted by molar-refractivity contribution is 0.0212. The van der Waals surface area contributed by atoms with Gasteiger partial charge < -0.3 is 14.9 Å². The number of aromatic nitrogens is 2. The monoisotopic (exact) mass is 321 g/mol. The third-order valence-electron chi connectivity index (χ3n) is 5.63. The highest BCUT2D eigenvalue weighted by Gasteiger charge is 2.31. The van der Waals surface area contributed by atoms with Crippen molar-refractivity contribution in [2.45, 2.75) is 95.1 Å². The molecule has 0 unspecified atom stereocenters. The van der Waals surface area contributed by atoms with Crippen molar-refractivity contribution in [3.05, 3.63) is 11.7 Å². The topological polar surface area (TPSA) is 71.2 Å². The third-order valence-corrected chi connectivity index (χ3v) is 5.63. The number of hydrogen-bond acceptors (Lipinski definition) is 5. The van der Waals surface area contributed by atoms with Crippen molar-refractivity contribution in [2.24, 2.45) is 0 Å². The minimum absolute atomic E-state index is 0.418. The van der Waals surface area contributed by atoms with Crippen molar-refractivity contribution < 1.29 is 9.63 Å². The van der Waals surface area contributed by atoms with E-state index in [-0.39, 0.29) is 0 Å². The molecule has 5 nitrogen and oxygen atoms in total. The highest BCUT2D eigenvalue weighted by Crippen LogP contribution is 2.33. The molecule has 0 spiro atoms. The van der Waals surface area contributed by atoms with Crippen LogP contribution in [0.3, 0.4) is 0 Å². The second kappa shape index (κ2) is 7.75. The second-order valence-electron chi connectivity index (χ2n) is 7.47. The Bertz CT molecular complexity index is 472. The van der Waals surface area contributed by atoms with E-state index in [0.29, 0.717) is 12.0 Å². The molecular formula is C18H31N3O2. The normalized spacial score (nSPS) is 28.4. The fraction of sp³-hybridized carbons (Fsp3) is 0.889. The quantitative estimate of drug-likeness (QED) is 0.814. The Morgan fingerprint density at radius 3 is 2.43 bits per heavy atom. The molecule has 3 rings (SSSR count). The van der Waals surface area contributed by atoms with E-state index in [1.165, 1.54) is 25.7 Å². The largest absolute Gasteiger partial charge is 0.389 e. The van der Waals surface area contributed by atoms with Crippen LogP contribution < -0.4 is 5.32 Å². The highest BCUT2D eigenvalue weighted by molar-refractivity contribution is 4.97. The van der Waals surface area contributed by atoms with Gasteiger partial charge in [-0.15, -0.1) is 0 Å². The molecule has 2 fully saturated rings. The molecule has 0 atom stereocenters. The van der Waals surface area contributed by atoms with Gasteiger partial charge in [0.05, 0.1) is 5.60 Å². The van der Waals surface area contributed by atoms with E-state index in [4.69, 9.17) is 4.52 Å². The van der Waals surface area contributed by atoms with Gasteiger partial charge >= 0.3 is 0 Å². The Kier molecular flexibility index (Phi) is 5.70. The fourth-order valence-corrected chi connectivity index (χ4v) is 4.02. The van der Waals surface area contributed by atoms with Gasteiger partial charge in [-0.05, 0) is 38.5 Å². The molecule has 1 heterocycles. The van der Waals surface area contributed by atoms with E-state index in [1.807, 2.05) is 6.92 Å². The fourth-order valence-electron chi connectivity index (χ4n) is 4.02. The lowest BCUT2D eigenvalue weighted by Crippen LogP contribution is -2.45. The van der Waals surface area contributed by atoms with Gasteiger partial charge in [-0.25, -0.2) is 0 Å². The summed E-state index contributed by atoms with van der Waals surface area (Å²) in [6, 6.07) is 0.520. The van der Waals surface area contributed by atoms with E-state index < -0.39 is 5.60 Å². The minimum atomic E-state index is -0.476. The molecule has 0 amide bonds. The highest BCUT2D eigenvalue weighted by atomic mass is 16.5. The second-order valence-corrected chi connectivity index (χ2v) is 7.47. The molecule has 2 aliphatic rings. The van der Waals surface area contributed by atoms with Gasteiger partial charge in [0.25, 0.3) is 0 Å². The maximum atomic E-state index is 10.7. The lowest BCUT2D eigenvalue weighted by Gasteiger charge is -2.32. The first kappa shape index (κ1) is 16.9. The lowest BCUT2D eigenvalue weighted by atomic mass is 9.85. The Morgan fingerprint density at radius 2 is 1.83 bits per heavy atom. The molecule has 0 saturated heterocycles. The van der Waals surface area contributed by atoms with Crippen molar-refractivity contribution >= 4 is 0 Å². The van der Waals surface area contributed by atoms with Crippen LogP contribution >= 0.6 is 0 Å². The zero-order chi connectivity index (χ0) is 16.1. The summed E-state index contributed by atoms with van der Waals surface area (Å²) in [5.41, 5.74) is -0.476.